The smallest absolute Gasteiger partial charge is 0.264 e. The van der Waals surface area contributed by atoms with Gasteiger partial charge < -0.3 is 4.90 Å². The van der Waals surface area contributed by atoms with Crippen molar-refractivity contribution < 1.29 is 4.79 Å². The Bertz CT molecular complexity index is 351. The van der Waals surface area contributed by atoms with Gasteiger partial charge in [-0.05, 0) is 23.9 Å². The molecule has 68 valence electrons. The minimum atomic E-state index is -0.0750. The van der Waals surface area contributed by atoms with E-state index in [1.54, 1.807) is 7.05 Å². The average Bonchev–Trinajstić information content (AvgIpc) is 2.50. The molecule has 0 aliphatic carbocycles. The zero-order valence-corrected chi connectivity index (χ0v) is 8.39. The molecule has 1 aromatic rings. The molecule has 1 heterocycles. The molecule has 0 aromatic carbocycles. The Balaban J connectivity index is 2.81. The van der Waals surface area contributed by atoms with Crippen molar-refractivity contribution in [3.63, 3.8) is 0 Å². The fourth-order valence-corrected chi connectivity index (χ4v) is 1.86. The minimum Gasteiger partial charge on any atom is -0.328 e. The van der Waals surface area contributed by atoms with E-state index in [9.17, 15) is 4.79 Å². The molecule has 13 heavy (non-hydrogen) atoms. The van der Waals surface area contributed by atoms with E-state index in [0.717, 1.165) is 10.4 Å². The summed E-state index contributed by atoms with van der Waals surface area (Å²) in [6.07, 6.45) is 0. The molecular weight excluding hydrogens is 184 g/mol. The Kier molecular flexibility index (Phi) is 3.04. The molecule has 3 nitrogen and oxygen atoms in total. The molecule has 1 amide bonds. The highest BCUT2D eigenvalue weighted by Gasteiger charge is 2.14. The number of hydrogen-bond donors (Lipinski definition) is 0. The first-order valence-corrected chi connectivity index (χ1v) is 4.71. The summed E-state index contributed by atoms with van der Waals surface area (Å²) in [5.74, 6) is -0.0750. The summed E-state index contributed by atoms with van der Waals surface area (Å²) in [7, 11) is 1.63. The topological polar surface area (TPSA) is 44.1 Å². The first-order valence-electron chi connectivity index (χ1n) is 3.83. The zero-order chi connectivity index (χ0) is 9.84. The van der Waals surface area contributed by atoms with Gasteiger partial charge >= 0.3 is 0 Å². The van der Waals surface area contributed by atoms with Crippen LogP contribution in [0.1, 0.15) is 15.2 Å². The van der Waals surface area contributed by atoms with Crippen LogP contribution in [-0.2, 0) is 0 Å². The van der Waals surface area contributed by atoms with Crippen molar-refractivity contribution in [2.45, 2.75) is 6.92 Å². The van der Waals surface area contributed by atoms with Gasteiger partial charge in [-0.2, -0.15) is 5.26 Å². The van der Waals surface area contributed by atoms with Crippen LogP contribution in [-0.4, -0.2) is 24.4 Å². The lowest BCUT2D eigenvalue weighted by Gasteiger charge is -2.11. The van der Waals surface area contributed by atoms with Gasteiger partial charge in [0.2, 0.25) is 0 Å². The molecule has 0 aliphatic heterocycles. The Labute approximate surface area is 81.2 Å². The second-order valence-corrected chi connectivity index (χ2v) is 3.67. The maximum absolute atomic E-state index is 11.6. The molecule has 0 N–H and O–H groups in total. The second kappa shape index (κ2) is 4.06. The standard InChI is InChI=1S/C9H10N2OS/c1-7-3-6-13-8(7)9(12)11(2)5-4-10/h3,6H,5H2,1-2H3. The van der Waals surface area contributed by atoms with Gasteiger partial charge in [0.15, 0.2) is 0 Å². The normalized spacial score (nSPS) is 9.31. The van der Waals surface area contributed by atoms with E-state index in [0.29, 0.717) is 0 Å². The van der Waals surface area contributed by atoms with Crippen LogP contribution in [0.5, 0.6) is 0 Å². The molecule has 4 heteroatoms. The minimum absolute atomic E-state index is 0.0750. The summed E-state index contributed by atoms with van der Waals surface area (Å²) in [6, 6.07) is 3.84. The van der Waals surface area contributed by atoms with Crippen molar-refractivity contribution in [1.29, 1.82) is 5.26 Å². The van der Waals surface area contributed by atoms with Gasteiger partial charge in [0.1, 0.15) is 6.54 Å². The third kappa shape index (κ3) is 2.07. The fraction of sp³-hybridized carbons (Fsp3) is 0.333. The summed E-state index contributed by atoms with van der Waals surface area (Å²) in [5, 5.41) is 10.3. The zero-order valence-electron chi connectivity index (χ0n) is 7.57. The van der Waals surface area contributed by atoms with Crippen LogP contribution in [0.3, 0.4) is 0 Å². The fourth-order valence-electron chi connectivity index (χ4n) is 0.943. The predicted molar refractivity (Wildman–Crippen MR) is 51.6 cm³/mol. The van der Waals surface area contributed by atoms with Crippen molar-refractivity contribution in [3.05, 3.63) is 21.9 Å². The van der Waals surface area contributed by atoms with Gasteiger partial charge in [0.05, 0.1) is 10.9 Å². The van der Waals surface area contributed by atoms with E-state index in [-0.39, 0.29) is 12.5 Å². The average molecular weight is 194 g/mol. The number of aryl methyl sites for hydroxylation is 1. The van der Waals surface area contributed by atoms with Gasteiger partial charge in [0.25, 0.3) is 5.91 Å². The highest BCUT2D eigenvalue weighted by molar-refractivity contribution is 7.12. The lowest BCUT2D eigenvalue weighted by molar-refractivity contribution is 0.0816. The highest BCUT2D eigenvalue weighted by Crippen LogP contribution is 2.16. The molecule has 0 unspecified atom stereocenters. The Morgan fingerprint density at radius 1 is 1.77 bits per heavy atom. The van der Waals surface area contributed by atoms with Gasteiger partial charge in [-0.1, -0.05) is 0 Å². The summed E-state index contributed by atoms with van der Waals surface area (Å²) in [4.78, 5) is 13.7. The molecule has 0 aliphatic rings. The molecule has 1 rings (SSSR count). The van der Waals surface area contributed by atoms with E-state index in [2.05, 4.69) is 0 Å². The number of amides is 1. The van der Waals surface area contributed by atoms with Crippen molar-refractivity contribution in [3.8, 4) is 6.07 Å². The van der Waals surface area contributed by atoms with E-state index in [4.69, 9.17) is 5.26 Å². The molecule has 0 spiro atoms. The number of thiophene rings is 1. The third-order valence-corrected chi connectivity index (χ3v) is 2.72. The molecule has 0 saturated heterocycles. The first kappa shape index (κ1) is 9.75. The Morgan fingerprint density at radius 3 is 2.92 bits per heavy atom. The highest BCUT2D eigenvalue weighted by atomic mass is 32.1. The van der Waals surface area contributed by atoms with E-state index >= 15 is 0 Å². The largest absolute Gasteiger partial charge is 0.328 e. The first-order chi connectivity index (χ1) is 6.16. The van der Waals surface area contributed by atoms with Crippen LogP contribution < -0.4 is 0 Å². The maximum Gasteiger partial charge on any atom is 0.264 e. The number of hydrogen-bond acceptors (Lipinski definition) is 3. The quantitative estimate of drug-likeness (QED) is 0.672. The monoisotopic (exact) mass is 194 g/mol. The molecule has 0 bridgehead atoms. The lowest BCUT2D eigenvalue weighted by Crippen LogP contribution is -2.26. The number of carbonyl (C=O) groups excluding carboxylic acids is 1. The summed E-state index contributed by atoms with van der Waals surface area (Å²) >= 11 is 1.41. The lowest BCUT2D eigenvalue weighted by atomic mass is 10.3. The molecular formula is C9H10N2OS. The van der Waals surface area contributed by atoms with Crippen LogP contribution in [0.25, 0.3) is 0 Å². The summed E-state index contributed by atoms with van der Waals surface area (Å²) in [5.41, 5.74) is 0.972. The van der Waals surface area contributed by atoms with E-state index in [1.807, 2.05) is 24.4 Å². The van der Waals surface area contributed by atoms with Crippen LogP contribution in [0, 0.1) is 18.3 Å². The number of carbonyl (C=O) groups is 1. The maximum atomic E-state index is 11.6. The number of nitriles is 1. The SMILES string of the molecule is Cc1ccsc1C(=O)N(C)CC#N. The molecule has 0 saturated carbocycles. The van der Waals surface area contributed by atoms with Crippen molar-refractivity contribution in [2.24, 2.45) is 0 Å². The third-order valence-electron chi connectivity index (χ3n) is 1.71. The van der Waals surface area contributed by atoms with E-state index in [1.165, 1.54) is 16.2 Å². The van der Waals surface area contributed by atoms with Crippen molar-refractivity contribution in [1.82, 2.24) is 4.90 Å². The predicted octanol–water partition coefficient (Wildman–Crippen LogP) is 1.65. The van der Waals surface area contributed by atoms with Gasteiger partial charge in [-0.25, -0.2) is 0 Å². The van der Waals surface area contributed by atoms with Crippen molar-refractivity contribution >= 4 is 17.2 Å². The van der Waals surface area contributed by atoms with Gasteiger partial charge in [0, 0.05) is 7.05 Å². The van der Waals surface area contributed by atoms with Gasteiger partial charge in [-0.3, -0.25) is 4.79 Å². The Hall–Kier alpha value is -1.34. The second-order valence-electron chi connectivity index (χ2n) is 2.75. The molecule has 1 aromatic heterocycles. The molecule has 0 radical (unpaired) electrons. The number of nitrogens with zero attached hydrogens (tertiary/aromatic N) is 2. The van der Waals surface area contributed by atoms with Crippen LogP contribution in [0.15, 0.2) is 11.4 Å². The van der Waals surface area contributed by atoms with Crippen molar-refractivity contribution in [2.75, 3.05) is 13.6 Å². The molecule has 0 fully saturated rings. The van der Waals surface area contributed by atoms with Crippen LogP contribution in [0.2, 0.25) is 0 Å². The molecule has 0 atom stereocenters. The number of rotatable bonds is 2. The van der Waals surface area contributed by atoms with Crippen LogP contribution in [0.4, 0.5) is 0 Å². The van der Waals surface area contributed by atoms with E-state index < -0.39 is 0 Å². The van der Waals surface area contributed by atoms with Crippen LogP contribution >= 0.6 is 11.3 Å². The summed E-state index contributed by atoms with van der Waals surface area (Å²) < 4.78 is 0. The Morgan fingerprint density at radius 2 is 2.46 bits per heavy atom. The summed E-state index contributed by atoms with van der Waals surface area (Å²) in [6.45, 7) is 2.03. The van der Waals surface area contributed by atoms with Gasteiger partial charge in [-0.15, -0.1) is 11.3 Å².